The number of nitrogens with one attached hydrogen (secondary N) is 1. The lowest BCUT2D eigenvalue weighted by Gasteiger charge is -2.09. The van der Waals surface area contributed by atoms with Gasteiger partial charge in [-0.1, -0.05) is 12.1 Å². The Hall–Kier alpha value is -2.74. The number of thiophene rings is 1. The molecular weight excluding hydrogens is 385 g/mol. The first-order valence-electron chi connectivity index (χ1n) is 8.96. The number of rotatable bonds is 8. The quantitative estimate of drug-likeness (QED) is 0.678. The first kappa shape index (κ1) is 20.0. The monoisotopic (exact) mass is 405 g/mol. The van der Waals surface area contributed by atoms with Crippen molar-refractivity contribution in [2.45, 2.75) is 32.1 Å². The SMILES string of the molecule is CCOC(=O)c1c(C2CC2)csc1NC(=O)COC(=O)Cc1ccc(F)cc1. The molecule has 0 aliphatic heterocycles. The van der Waals surface area contributed by atoms with E-state index in [1.807, 2.05) is 5.38 Å². The molecule has 1 saturated carbocycles. The number of esters is 2. The van der Waals surface area contributed by atoms with Crippen molar-refractivity contribution < 1.29 is 28.2 Å². The van der Waals surface area contributed by atoms with Crippen LogP contribution in [0.25, 0.3) is 0 Å². The number of ether oxygens (including phenoxy) is 2. The highest BCUT2D eigenvalue weighted by atomic mass is 32.1. The highest BCUT2D eigenvalue weighted by Crippen LogP contribution is 2.46. The van der Waals surface area contributed by atoms with Crippen molar-refractivity contribution in [2.75, 3.05) is 18.5 Å². The van der Waals surface area contributed by atoms with Crippen molar-refractivity contribution in [1.29, 1.82) is 0 Å². The van der Waals surface area contributed by atoms with Crippen molar-refractivity contribution >= 4 is 34.2 Å². The largest absolute Gasteiger partial charge is 0.462 e. The maximum Gasteiger partial charge on any atom is 0.341 e. The normalized spacial score (nSPS) is 13.1. The van der Waals surface area contributed by atoms with Crippen molar-refractivity contribution in [2.24, 2.45) is 0 Å². The minimum atomic E-state index is -0.600. The van der Waals surface area contributed by atoms with Crippen LogP contribution in [-0.2, 0) is 25.5 Å². The van der Waals surface area contributed by atoms with Gasteiger partial charge in [-0.25, -0.2) is 9.18 Å². The number of anilines is 1. The molecule has 1 fully saturated rings. The van der Waals surface area contributed by atoms with Crippen LogP contribution in [0, 0.1) is 5.82 Å². The van der Waals surface area contributed by atoms with Gasteiger partial charge >= 0.3 is 11.9 Å². The highest BCUT2D eigenvalue weighted by Gasteiger charge is 2.32. The van der Waals surface area contributed by atoms with Crippen LogP contribution in [-0.4, -0.2) is 31.1 Å². The average molecular weight is 405 g/mol. The Balaban J connectivity index is 1.56. The molecule has 1 amide bonds. The van der Waals surface area contributed by atoms with Gasteiger partial charge in [-0.2, -0.15) is 0 Å². The molecule has 6 nitrogen and oxygen atoms in total. The summed E-state index contributed by atoms with van der Waals surface area (Å²) in [5, 5.41) is 4.90. The summed E-state index contributed by atoms with van der Waals surface area (Å²) in [5.41, 5.74) is 1.87. The van der Waals surface area contributed by atoms with Gasteiger partial charge in [-0.05, 0) is 54.3 Å². The molecule has 0 radical (unpaired) electrons. The highest BCUT2D eigenvalue weighted by molar-refractivity contribution is 7.15. The average Bonchev–Trinajstić information content (AvgIpc) is 3.43. The van der Waals surface area contributed by atoms with Gasteiger partial charge in [-0.15, -0.1) is 11.3 Å². The van der Waals surface area contributed by atoms with Gasteiger partial charge < -0.3 is 14.8 Å². The zero-order chi connectivity index (χ0) is 20.1. The Morgan fingerprint density at radius 1 is 1.18 bits per heavy atom. The smallest absolute Gasteiger partial charge is 0.341 e. The van der Waals surface area contributed by atoms with Gasteiger partial charge in [-0.3, -0.25) is 9.59 Å². The van der Waals surface area contributed by atoms with Crippen LogP contribution in [0.15, 0.2) is 29.6 Å². The van der Waals surface area contributed by atoms with Crippen LogP contribution in [0.2, 0.25) is 0 Å². The van der Waals surface area contributed by atoms with Crippen LogP contribution in [0.3, 0.4) is 0 Å². The van der Waals surface area contributed by atoms with E-state index in [1.165, 1.54) is 35.6 Å². The predicted molar refractivity (Wildman–Crippen MR) is 102 cm³/mol. The number of carbonyl (C=O) groups excluding carboxylic acids is 3. The molecule has 0 bridgehead atoms. The first-order valence-corrected chi connectivity index (χ1v) is 9.84. The third-order valence-electron chi connectivity index (χ3n) is 4.20. The molecule has 0 spiro atoms. The zero-order valence-corrected chi connectivity index (χ0v) is 16.1. The van der Waals surface area contributed by atoms with Gasteiger partial charge in [0.05, 0.1) is 18.6 Å². The van der Waals surface area contributed by atoms with Crippen LogP contribution >= 0.6 is 11.3 Å². The lowest BCUT2D eigenvalue weighted by Crippen LogP contribution is -2.22. The van der Waals surface area contributed by atoms with Crippen molar-refractivity contribution in [3.8, 4) is 0 Å². The summed E-state index contributed by atoms with van der Waals surface area (Å²) in [7, 11) is 0. The molecule has 28 heavy (non-hydrogen) atoms. The fraction of sp³-hybridized carbons (Fsp3) is 0.350. The molecule has 1 aromatic heterocycles. The third kappa shape index (κ3) is 5.16. The summed E-state index contributed by atoms with van der Waals surface area (Å²) in [6, 6.07) is 5.46. The summed E-state index contributed by atoms with van der Waals surface area (Å²) in [6.45, 7) is 1.49. The van der Waals surface area contributed by atoms with Crippen LogP contribution < -0.4 is 5.32 Å². The molecule has 3 rings (SSSR count). The minimum absolute atomic E-state index is 0.0630. The second kappa shape index (κ2) is 8.97. The van der Waals surface area contributed by atoms with E-state index in [0.717, 1.165) is 18.4 Å². The number of carbonyl (C=O) groups is 3. The van der Waals surface area contributed by atoms with Gasteiger partial charge in [0.15, 0.2) is 6.61 Å². The van der Waals surface area contributed by atoms with Gasteiger partial charge in [0.1, 0.15) is 10.8 Å². The van der Waals surface area contributed by atoms with E-state index in [-0.39, 0.29) is 13.0 Å². The van der Waals surface area contributed by atoms with E-state index in [0.29, 0.717) is 22.0 Å². The van der Waals surface area contributed by atoms with E-state index >= 15 is 0 Å². The molecule has 1 aliphatic rings. The van der Waals surface area contributed by atoms with Crippen LogP contribution in [0.1, 0.15) is 47.2 Å². The van der Waals surface area contributed by atoms with Gasteiger partial charge in [0, 0.05) is 0 Å². The molecule has 8 heteroatoms. The van der Waals surface area contributed by atoms with Gasteiger partial charge in [0.2, 0.25) is 0 Å². The summed E-state index contributed by atoms with van der Waals surface area (Å²) >= 11 is 1.26. The van der Waals surface area contributed by atoms with E-state index in [1.54, 1.807) is 6.92 Å². The van der Waals surface area contributed by atoms with Crippen LogP contribution in [0.5, 0.6) is 0 Å². The molecule has 0 saturated heterocycles. The zero-order valence-electron chi connectivity index (χ0n) is 15.3. The Morgan fingerprint density at radius 3 is 2.54 bits per heavy atom. The van der Waals surface area contributed by atoms with Crippen molar-refractivity contribution in [3.63, 3.8) is 0 Å². The van der Waals surface area contributed by atoms with E-state index in [4.69, 9.17) is 9.47 Å². The summed E-state index contributed by atoms with van der Waals surface area (Å²) in [5.74, 6) is -1.67. The Bertz CT molecular complexity index is 873. The molecular formula is C20H20FNO5S. The standard InChI is InChI=1S/C20H20FNO5S/c1-2-26-20(25)18-15(13-5-6-13)11-28-19(18)22-16(23)10-27-17(24)9-12-3-7-14(21)8-4-12/h3-4,7-8,11,13H,2,5-6,9-10H2,1H3,(H,22,23). The Morgan fingerprint density at radius 2 is 1.89 bits per heavy atom. The Labute approximate surface area is 165 Å². The molecule has 0 unspecified atom stereocenters. The molecule has 0 atom stereocenters. The first-order chi connectivity index (χ1) is 13.5. The third-order valence-corrected chi connectivity index (χ3v) is 5.11. The lowest BCUT2D eigenvalue weighted by atomic mass is 10.1. The molecule has 2 aromatic rings. The van der Waals surface area contributed by atoms with E-state index in [2.05, 4.69) is 5.32 Å². The van der Waals surface area contributed by atoms with E-state index in [9.17, 15) is 18.8 Å². The number of hydrogen-bond donors (Lipinski definition) is 1. The fourth-order valence-electron chi connectivity index (χ4n) is 2.70. The summed E-state index contributed by atoms with van der Waals surface area (Å²) in [4.78, 5) is 36.3. The van der Waals surface area contributed by atoms with Crippen LogP contribution in [0.4, 0.5) is 9.39 Å². The topological polar surface area (TPSA) is 81.7 Å². The van der Waals surface area contributed by atoms with E-state index < -0.39 is 30.3 Å². The molecule has 1 heterocycles. The van der Waals surface area contributed by atoms with Crippen molar-refractivity contribution in [1.82, 2.24) is 0 Å². The summed E-state index contributed by atoms with van der Waals surface area (Å²) in [6.07, 6.45) is 1.96. The molecule has 1 aromatic carbocycles. The van der Waals surface area contributed by atoms with Gasteiger partial charge in [0.25, 0.3) is 5.91 Å². The molecule has 1 aliphatic carbocycles. The van der Waals surface area contributed by atoms with Crippen molar-refractivity contribution in [3.05, 3.63) is 52.2 Å². The number of hydrogen-bond acceptors (Lipinski definition) is 6. The lowest BCUT2D eigenvalue weighted by molar-refractivity contribution is -0.146. The second-order valence-electron chi connectivity index (χ2n) is 6.40. The maximum absolute atomic E-state index is 12.9. The fourth-order valence-corrected chi connectivity index (χ4v) is 3.75. The molecule has 148 valence electrons. The predicted octanol–water partition coefficient (Wildman–Crippen LogP) is 3.67. The number of halogens is 1. The summed E-state index contributed by atoms with van der Waals surface area (Å²) < 4.78 is 23.0. The number of amides is 1. The maximum atomic E-state index is 12.9. The molecule has 1 N–H and O–H groups in total. The second-order valence-corrected chi connectivity index (χ2v) is 7.28. The minimum Gasteiger partial charge on any atom is -0.462 e. The Kier molecular flexibility index (Phi) is 6.41. The number of benzene rings is 1.